The molecule has 2 amide bonds. The Balaban J connectivity index is 1.22. The van der Waals surface area contributed by atoms with Crippen LogP contribution in [0.5, 0.6) is 0 Å². The zero-order valence-electron chi connectivity index (χ0n) is 19.8. The summed E-state index contributed by atoms with van der Waals surface area (Å²) < 4.78 is 27.6. The van der Waals surface area contributed by atoms with E-state index in [0.29, 0.717) is 11.3 Å². The monoisotopic (exact) mass is 513 g/mol. The number of carbonyl (C=O) groups is 2. The van der Waals surface area contributed by atoms with Crippen LogP contribution in [0.4, 0.5) is 20.2 Å². The van der Waals surface area contributed by atoms with Crippen LogP contribution in [-0.2, 0) is 4.79 Å². The fourth-order valence-electron chi connectivity index (χ4n) is 3.95. The van der Waals surface area contributed by atoms with E-state index in [1.54, 1.807) is 24.4 Å². The Morgan fingerprint density at radius 2 is 1.87 bits per heavy atom. The topological polar surface area (TPSA) is 108 Å². The van der Waals surface area contributed by atoms with Crippen LogP contribution >= 0.6 is 0 Å². The van der Waals surface area contributed by atoms with Gasteiger partial charge in [-0.05, 0) is 54.1 Å². The number of anilines is 2. The lowest BCUT2D eigenvalue weighted by atomic mass is 10.0. The number of benzene rings is 2. The van der Waals surface area contributed by atoms with E-state index < -0.39 is 23.1 Å². The van der Waals surface area contributed by atoms with Crippen LogP contribution in [0.1, 0.15) is 27.2 Å². The molecule has 2 aromatic heterocycles. The van der Waals surface area contributed by atoms with Gasteiger partial charge in [-0.3, -0.25) is 19.8 Å². The maximum Gasteiger partial charge on any atom is 0.281 e. The smallest absolute Gasteiger partial charge is 0.281 e. The highest BCUT2D eigenvalue weighted by Gasteiger charge is 2.24. The Kier molecular flexibility index (Phi) is 6.68. The number of fused-ring (bicyclic) bond motifs is 1. The quantitative estimate of drug-likeness (QED) is 0.277. The van der Waals surface area contributed by atoms with Gasteiger partial charge in [-0.1, -0.05) is 24.3 Å². The Morgan fingerprint density at radius 1 is 1.00 bits per heavy atom. The number of carbonyl (C=O) groups excluding carboxylic acids is 2. The molecule has 2 aromatic carbocycles. The summed E-state index contributed by atoms with van der Waals surface area (Å²) in [6.07, 6.45) is 8.44. The van der Waals surface area contributed by atoms with E-state index in [9.17, 15) is 23.2 Å². The van der Waals surface area contributed by atoms with Gasteiger partial charge in [0.05, 0.1) is 11.3 Å². The molecule has 0 atom stereocenters. The predicted octanol–water partition coefficient (Wildman–Crippen LogP) is 4.27. The Morgan fingerprint density at radius 3 is 2.66 bits per heavy atom. The zero-order valence-corrected chi connectivity index (χ0v) is 19.8. The number of halogens is 2. The average Bonchev–Trinajstić information content (AvgIpc) is 3.53. The van der Waals surface area contributed by atoms with Crippen LogP contribution in [0, 0.1) is 11.6 Å². The summed E-state index contributed by atoms with van der Waals surface area (Å²) in [6.45, 7) is 0.144. The minimum absolute atomic E-state index is 0.127. The van der Waals surface area contributed by atoms with Gasteiger partial charge in [-0.2, -0.15) is 0 Å². The minimum Gasteiger partial charge on any atom is -0.362 e. The number of nitrogens with one attached hydrogen (secondary N) is 4. The summed E-state index contributed by atoms with van der Waals surface area (Å²) in [5.41, 5.74) is 5.69. The summed E-state index contributed by atoms with van der Waals surface area (Å²) in [4.78, 5) is 40.7. The molecule has 0 aliphatic carbocycles. The van der Waals surface area contributed by atoms with E-state index in [0.717, 1.165) is 33.6 Å². The molecule has 0 fully saturated rings. The minimum atomic E-state index is -1.07. The molecule has 190 valence electrons. The molecule has 0 unspecified atom stereocenters. The van der Waals surface area contributed by atoms with Gasteiger partial charge >= 0.3 is 0 Å². The molecule has 38 heavy (non-hydrogen) atoms. The molecule has 0 saturated carbocycles. The van der Waals surface area contributed by atoms with E-state index in [-0.39, 0.29) is 23.7 Å². The second-order valence-corrected chi connectivity index (χ2v) is 8.39. The van der Waals surface area contributed by atoms with Crippen LogP contribution in [0.3, 0.4) is 0 Å². The van der Waals surface area contributed by atoms with E-state index in [1.807, 2.05) is 30.3 Å². The lowest BCUT2D eigenvalue weighted by molar-refractivity contribution is -0.110. The van der Waals surface area contributed by atoms with Crippen LogP contribution in [-0.4, -0.2) is 28.0 Å². The van der Waals surface area contributed by atoms with Crippen molar-refractivity contribution in [3.63, 3.8) is 0 Å². The number of hydrogen-bond acceptors (Lipinski definition) is 4. The van der Waals surface area contributed by atoms with Crippen molar-refractivity contribution in [2.45, 2.75) is 0 Å². The number of amides is 2. The maximum absolute atomic E-state index is 13.5. The molecule has 1 aliphatic heterocycles. The molecule has 0 radical (unpaired) electrons. The number of aromatic nitrogens is 2. The van der Waals surface area contributed by atoms with Crippen molar-refractivity contribution >= 4 is 40.9 Å². The standard InChI is InChI=1S/C28H21F2N5O3/c29-23-10-8-19(16-24(23)30)34-35-13-3-6-21(28(35)38)26(36)32-12-1-4-17-7-9-20-22(15-18-5-2-11-31-18)27(37)33-25(20)14-17/h1-11,13-16,31,34H,12H2,(H,32,36)(H,33,37). The van der Waals surface area contributed by atoms with Crippen LogP contribution in [0.2, 0.25) is 0 Å². The molecule has 0 bridgehead atoms. The molecule has 4 N–H and O–H groups in total. The van der Waals surface area contributed by atoms with Gasteiger partial charge < -0.3 is 15.6 Å². The first-order valence-electron chi connectivity index (χ1n) is 11.6. The highest BCUT2D eigenvalue weighted by Crippen LogP contribution is 2.33. The van der Waals surface area contributed by atoms with Gasteiger partial charge in [-0.25, -0.2) is 13.5 Å². The lowest BCUT2D eigenvalue weighted by Crippen LogP contribution is -2.35. The summed E-state index contributed by atoms with van der Waals surface area (Å²) in [7, 11) is 0. The Bertz CT molecular complexity index is 1660. The molecule has 0 spiro atoms. The molecule has 5 rings (SSSR count). The summed E-state index contributed by atoms with van der Waals surface area (Å²) in [6, 6.07) is 15.2. The largest absolute Gasteiger partial charge is 0.362 e. The van der Waals surface area contributed by atoms with Crippen molar-refractivity contribution in [3.05, 3.63) is 124 Å². The van der Waals surface area contributed by atoms with Gasteiger partial charge in [0.2, 0.25) is 0 Å². The van der Waals surface area contributed by atoms with Crippen LogP contribution in [0.25, 0.3) is 17.7 Å². The number of rotatable bonds is 7. The van der Waals surface area contributed by atoms with E-state index in [2.05, 4.69) is 21.0 Å². The first-order valence-corrected chi connectivity index (χ1v) is 11.6. The highest BCUT2D eigenvalue weighted by molar-refractivity contribution is 6.34. The molecule has 0 saturated heterocycles. The number of aromatic amines is 1. The zero-order chi connectivity index (χ0) is 26.6. The summed E-state index contributed by atoms with van der Waals surface area (Å²) in [5.74, 6) is -2.86. The molecular weight excluding hydrogens is 492 g/mol. The highest BCUT2D eigenvalue weighted by atomic mass is 19.2. The SMILES string of the molecule is O=C1Nc2cc(C=CCNC(=O)c3cccn(Nc4ccc(F)c(F)c4)c3=O)ccc2C1=Cc1ccc[nH]1. The van der Waals surface area contributed by atoms with Crippen LogP contribution in [0.15, 0.2) is 83.9 Å². The van der Waals surface area contributed by atoms with Crippen molar-refractivity contribution in [3.8, 4) is 0 Å². The third kappa shape index (κ3) is 5.14. The van der Waals surface area contributed by atoms with E-state index in [4.69, 9.17) is 0 Å². The second kappa shape index (κ2) is 10.4. The Labute approximate surface area is 215 Å². The lowest BCUT2D eigenvalue weighted by Gasteiger charge is -2.11. The second-order valence-electron chi connectivity index (χ2n) is 8.39. The molecule has 3 heterocycles. The van der Waals surface area contributed by atoms with Gasteiger partial charge in [0.1, 0.15) is 5.56 Å². The fourth-order valence-corrected chi connectivity index (χ4v) is 3.95. The fraction of sp³-hybridized carbons (Fsp3) is 0.0357. The van der Waals surface area contributed by atoms with Crippen molar-refractivity contribution in [1.29, 1.82) is 0 Å². The first kappa shape index (κ1) is 24.4. The number of pyridine rings is 1. The van der Waals surface area contributed by atoms with Crippen molar-refractivity contribution < 1.29 is 18.4 Å². The predicted molar refractivity (Wildman–Crippen MR) is 141 cm³/mol. The number of nitrogens with zero attached hydrogens (tertiary/aromatic N) is 1. The maximum atomic E-state index is 13.5. The summed E-state index contributed by atoms with van der Waals surface area (Å²) in [5, 5.41) is 5.51. The van der Waals surface area contributed by atoms with Crippen molar-refractivity contribution in [1.82, 2.24) is 15.0 Å². The molecule has 10 heteroatoms. The van der Waals surface area contributed by atoms with Gasteiger partial charge in [-0.15, -0.1) is 0 Å². The van der Waals surface area contributed by atoms with Crippen molar-refractivity contribution in [2.75, 3.05) is 17.3 Å². The van der Waals surface area contributed by atoms with Gasteiger partial charge in [0, 0.05) is 41.9 Å². The number of hydrogen-bond donors (Lipinski definition) is 4. The third-order valence-electron chi connectivity index (χ3n) is 5.80. The Hall–Kier alpha value is -5.25. The van der Waals surface area contributed by atoms with E-state index in [1.165, 1.54) is 24.4 Å². The molecule has 8 nitrogen and oxygen atoms in total. The first-order chi connectivity index (χ1) is 18.4. The molecular formula is C28H21F2N5O3. The van der Waals surface area contributed by atoms with Crippen LogP contribution < -0.4 is 21.6 Å². The third-order valence-corrected chi connectivity index (χ3v) is 5.80. The average molecular weight is 514 g/mol. The molecule has 4 aromatic rings. The van der Waals surface area contributed by atoms with E-state index >= 15 is 0 Å². The van der Waals surface area contributed by atoms with Crippen molar-refractivity contribution in [2.24, 2.45) is 0 Å². The summed E-state index contributed by atoms with van der Waals surface area (Å²) >= 11 is 0. The van der Waals surface area contributed by atoms with Gasteiger partial charge in [0.15, 0.2) is 11.6 Å². The normalized spacial score (nSPS) is 13.5. The number of H-pyrrole nitrogens is 1. The molecule has 1 aliphatic rings. The van der Waals surface area contributed by atoms with Gasteiger partial charge in [0.25, 0.3) is 17.4 Å².